The largest absolute Gasteiger partial charge is 0.135 e. The highest BCUT2D eigenvalue weighted by atomic mass is 127. The van der Waals surface area contributed by atoms with Crippen LogP contribution in [0.1, 0.15) is 0 Å². The van der Waals surface area contributed by atoms with Crippen molar-refractivity contribution in [3.63, 3.8) is 0 Å². The van der Waals surface area contributed by atoms with Crippen LogP contribution in [0.25, 0.3) is 20.2 Å². The lowest BCUT2D eigenvalue weighted by Gasteiger charge is -1.93. The molecule has 0 amide bonds. The first-order chi connectivity index (χ1) is 7.24. The van der Waals surface area contributed by atoms with Crippen LogP contribution in [-0.2, 0) is 0 Å². The number of benzene rings is 2. The number of rotatable bonds is 0. The Kier molecular flexibility index (Phi) is 2.64. The van der Waals surface area contributed by atoms with Crippen molar-refractivity contribution in [2.45, 2.75) is 0 Å². The molecule has 3 rings (SSSR count). The first-order valence-electron chi connectivity index (χ1n) is 4.51. The second-order valence-electron chi connectivity index (χ2n) is 3.38. The van der Waals surface area contributed by atoms with Crippen molar-refractivity contribution < 1.29 is 0 Å². The van der Waals surface area contributed by atoms with Gasteiger partial charge in [0.25, 0.3) is 0 Å². The van der Waals surface area contributed by atoms with E-state index in [2.05, 4.69) is 81.6 Å². The molecule has 0 radical (unpaired) electrons. The summed E-state index contributed by atoms with van der Waals surface area (Å²) in [5.74, 6) is 0. The minimum absolute atomic E-state index is 1.30. The number of fused-ring (bicyclic) bond motifs is 3. The average molecular weight is 436 g/mol. The van der Waals surface area contributed by atoms with Crippen LogP contribution in [-0.4, -0.2) is 0 Å². The van der Waals surface area contributed by atoms with Crippen molar-refractivity contribution in [3.8, 4) is 0 Å². The van der Waals surface area contributed by atoms with Gasteiger partial charge in [0.15, 0.2) is 0 Å². The number of hydrogen-bond acceptors (Lipinski definition) is 1. The van der Waals surface area contributed by atoms with Gasteiger partial charge in [-0.2, -0.15) is 0 Å². The van der Waals surface area contributed by atoms with E-state index >= 15 is 0 Å². The number of thiophene rings is 1. The minimum Gasteiger partial charge on any atom is -0.135 e. The van der Waals surface area contributed by atoms with Crippen LogP contribution in [0.3, 0.4) is 0 Å². The fraction of sp³-hybridized carbons (Fsp3) is 0. The lowest BCUT2D eigenvalue weighted by Crippen LogP contribution is -1.71. The third-order valence-corrected chi connectivity index (χ3v) is 4.89. The maximum absolute atomic E-state index is 2.37. The van der Waals surface area contributed by atoms with Crippen molar-refractivity contribution in [1.82, 2.24) is 0 Å². The van der Waals surface area contributed by atoms with Gasteiger partial charge in [-0.1, -0.05) is 0 Å². The van der Waals surface area contributed by atoms with Gasteiger partial charge in [0.2, 0.25) is 0 Å². The lowest BCUT2D eigenvalue weighted by atomic mass is 10.2. The Bertz CT molecular complexity index is 599. The van der Waals surface area contributed by atoms with Crippen LogP contribution in [0.2, 0.25) is 0 Å². The van der Waals surface area contributed by atoms with E-state index in [1.165, 1.54) is 27.3 Å². The quantitative estimate of drug-likeness (QED) is 0.422. The zero-order valence-electron chi connectivity index (χ0n) is 7.63. The van der Waals surface area contributed by atoms with Gasteiger partial charge in [-0.15, -0.1) is 11.3 Å². The molecule has 0 saturated carbocycles. The highest BCUT2D eigenvalue weighted by molar-refractivity contribution is 14.1. The molecule has 3 heteroatoms. The Labute approximate surface area is 119 Å². The van der Waals surface area contributed by atoms with Crippen molar-refractivity contribution in [3.05, 3.63) is 43.5 Å². The Balaban J connectivity index is 2.55. The predicted octanol–water partition coefficient (Wildman–Crippen LogP) is 5.26. The minimum atomic E-state index is 1.30. The molecule has 1 aromatic heterocycles. The standard InChI is InChI=1S/C12H6I2S/c13-7-1-3-11-9(5-7)10-6-8(14)2-4-12(10)15-11/h1-6H. The Morgan fingerprint density at radius 1 is 0.733 bits per heavy atom. The van der Waals surface area contributed by atoms with Crippen LogP contribution in [0, 0.1) is 7.14 Å². The summed E-state index contributed by atoms with van der Waals surface area (Å²) in [5.41, 5.74) is 0. The molecular weight excluding hydrogens is 430 g/mol. The topological polar surface area (TPSA) is 0 Å². The highest BCUT2D eigenvalue weighted by Gasteiger charge is 2.05. The number of hydrogen-bond donors (Lipinski definition) is 0. The van der Waals surface area contributed by atoms with Crippen molar-refractivity contribution in [2.75, 3.05) is 0 Å². The molecule has 0 spiro atoms. The van der Waals surface area contributed by atoms with Crippen molar-refractivity contribution in [1.29, 1.82) is 0 Å². The molecule has 0 aliphatic heterocycles. The summed E-state index contributed by atoms with van der Waals surface area (Å²) < 4.78 is 5.37. The summed E-state index contributed by atoms with van der Waals surface area (Å²) in [7, 11) is 0. The first-order valence-corrected chi connectivity index (χ1v) is 7.49. The lowest BCUT2D eigenvalue weighted by molar-refractivity contribution is 1.74. The van der Waals surface area contributed by atoms with Gasteiger partial charge in [0.05, 0.1) is 0 Å². The van der Waals surface area contributed by atoms with Crippen molar-refractivity contribution >= 4 is 76.7 Å². The Morgan fingerprint density at radius 2 is 1.20 bits per heavy atom. The molecule has 0 saturated heterocycles. The van der Waals surface area contributed by atoms with E-state index in [9.17, 15) is 0 Å². The van der Waals surface area contributed by atoms with E-state index in [-0.39, 0.29) is 0 Å². The van der Waals surface area contributed by atoms with Gasteiger partial charge in [0, 0.05) is 27.3 Å². The zero-order chi connectivity index (χ0) is 10.4. The third kappa shape index (κ3) is 1.78. The van der Waals surface area contributed by atoms with Crippen molar-refractivity contribution in [2.24, 2.45) is 0 Å². The average Bonchev–Trinajstić information content (AvgIpc) is 2.56. The van der Waals surface area contributed by atoms with Crippen LogP contribution in [0.5, 0.6) is 0 Å². The zero-order valence-corrected chi connectivity index (χ0v) is 12.8. The summed E-state index contributed by atoms with van der Waals surface area (Å²) >= 11 is 6.61. The number of halogens is 2. The van der Waals surface area contributed by atoms with Gasteiger partial charge in [0.1, 0.15) is 0 Å². The van der Waals surface area contributed by atoms with E-state index in [1.54, 1.807) is 0 Å². The molecule has 3 aromatic rings. The molecule has 0 nitrogen and oxygen atoms in total. The van der Waals surface area contributed by atoms with Gasteiger partial charge < -0.3 is 0 Å². The second kappa shape index (κ2) is 3.85. The molecule has 0 fully saturated rings. The van der Waals surface area contributed by atoms with E-state index < -0.39 is 0 Å². The van der Waals surface area contributed by atoms with Gasteiger partial charge >= 0.3 is 0 Å². The molecule has 0 aliphatic carbocycles. The van der Waals surface area contributed by atoms with Crippen LogP contribution >= 0.6 is 56.5 Å². The normalized spacial score (nSPS) is 11.3. The monoisotopic (exact) mass is 436 g/mol. The van der Waals surface area contributed by atoms with Crippen LogP contribution < -0.4 is 0 Å². The molecule has 0 unspecified atom stereocenters. The molecule has 0 atom stereocenters. The van der Waals surface area contributed by atoms with Gasteiger partial charge in [-0.05, 0) is 81.6 Å². The molecule has 0 bridgehead atoms. The predicted molar refractivity (Wildman–Crippen MR) is 84.8 cm³/mol. The smallest absolute Gasteiger partial charge is 0.0356 e. The summed E-state index contributed by atoms with van der Waals surface area (Å²) in [6.07, 6.45) is 0. The van der Waals surface area contributed by atoms with Crippen LogP contribution in [0.4, 0.5) is 0 Å². The van der Waals surface area contributed by atoms with Gasteiger partial charge in [-0.25, -0.2) is 0 Å². The van der Waals surface area contributed by atoms with Crippen LogP contribution in [0.15, 0.2) is 36.4 Å². The molecule has 15 heavy (non-hydrogen) atoms. The van der Waals surface area contributed by atoms with E-state index in [1.807, 2.05) is 11.3 Å². The second-order valence-corrected chi connectivity index (χ2v) is 6.96. The summed E-state index contributed by atoms with van der Waals surface area (Å²) in [6, 6.07) is 13.3. The molecule has 0 N–H and O–H groups in total. The van der Waals surface area contributed by atoms with E-state index in [4.69, 9.17) is 0 Å². The first kappa shape index (κ1) is 10.3. The Morgan fingerprint density at radius 3 is 1.67 bits per heavy atom. The molecular formula is C12H6I2S. The fourth-order valence-corrected chi connectivity index (χ4v) is 3.77. The van der Waals surface area contributed by atoms with E-state index in [0.717, 1.165) is 0 Å². The highest BCUT2D eigenvalue weighted by Crippen LogP contribution is 2.35. The maximum Gasteiger partial charge on any atom is 0.0356 e. The molecule has 74 valence electrons. The fourth-order valence-electron chi connectivity index (χ4n) is 1.72. The molecule has 2 aromatic carbocycles. The van der Waals surface area contributed by atoms with E-state index in [0.29, 0.717) is 0 Å². The maximum atomic E-state index is 2.37. The third-order valence-electron chi connectivity index (χ3n) is 2.39. The summed E-state index contributed by atoms with van der Waals surface area (Å²) in [4.78, 5) is 0. The van der Waals surface area contributed by atoms with Gasteiger partial charge in [-0.3, -0.25) is 0 Å². The Hall–Kier alpha value is 0.120. The SMILES string of the molecule is Ic1ccc2sc3ccc(I)cc3c2c1. The summed E-state index contributed by atoms with van der Waals surface area (Å²) in [5, 5.41) is 2.78. The summed E-state index contributed by atoms with van der Waals surface area (Å²) in [6.45, 7) is 0. The molecule has 0 aliphatic rings. The molecule has 1 heterocycles.